The third kappa shape index (κ3) is 7.08. The summed E-state index contributed by atoms with van der Waals surface area (Å²) in [7, 11) is -17.6. The number of phosphoric acid groups is 3. The van der Waals surface area contributed by atoms with Crippen LogP contribution in [-0.2, 0) is 40.8 Å². The zero-order valence-corrected chi connectivity index (χ0v) is 27.3. The van der Waals surface area contributed by atoms with Crippen LogP contribution in [0.1, 0.15) is 12.5 Å². The molecule has 2 aliphatic heterocycles. The highest BCUT2D eigenvalue weighted by Crippen LogP contribution is 2.68. The molecule has 3 unspecified atom stereocenters. The van der Waals surface area contributed by atoms with Crippen molar-refractivity contribution in [3.8, 4) is 0 Å². The molecule has 274 valence electrons. The van der Waals surface area contributed by atoms with E-state index in [2.05, 4.69) is 43.0 Å². The highest BCUT2D eigenvalue weighted by molar-refractivity contribution is 7.66. The molecule has 2 fully saturated rings. The lowest BCUT2D eigenvalue weighted by molar-refractivity contribution is -0.0510. The Hall–Kier alpha value is -3.33. The van der Waals surface area contributed by atoms with Gasteiger partial charge in [0.1, 0.15) is 48.5 Å². The summed E-state index contributed by atoms with van der Waals surface area (Å²) in [6.45, 7) is -2.02. The molecule has 11 atom stereocenters. The molecule has 4 aromatic heterocycles. The molecule has 12 N–H and O–H groups in total. The number of anilines is 2. The number of aliphatic hydroxyl groups is 4. The van der Waals surface area contributed by atoms with Gasteiger partial charge in [-0.3, -0.25) is 28.0 Å². The van der Waals surface area contributed by atoms with E-state index in [1.807, 2.05) is 0 Å². The maximum absolute atomic E-state index is 12.7. The van der Waals surface area contributed by atoms with Crippen molar-refractivity contribution in [2.45, 2.75) is 49.1 Å². The highest BCUT2D eigenvalue weighted by Gasteiger charge is 2.52. The number of hydrogen-bond acceptors (Lipinski definition) is 21. The molecule has 6 rings (SSSR count). The van der Waals surface area contributed by atoms with Crippen molar-refractivity contribution in [2.75, 3.05) is 24.7 Å². The van der Waals surface area contributed by atoms with Crippen LogP contribution in [0.25, 0.3) is 22.3 Å². The summed E-state index contributed by atoms with van der Waals surface area (Å²) < 4.78 is 68.4. The Kier molecular flexibility index (Phi) is 9.72. The molecule has 0 aliphatic carbocycles. The Morgan fingerprint density at radius 3 is 2.14 bits per heavy atom. The van der Waals surface area contributed by atoms with Crippen LogP contribution >= 0.6 is 23.5 Å². The number of H-pyrrole nitrogens is 1. The number of rotatable bonds is 12. The highest BCUT2D eigenvalue weighted by atomic mass is 31.3. The number of phosphoric ester groups is 2. The zero-order chi connectivity index (χ0) is 36.3. The Morgan fingerprint density at radius 1 is 0.820 bits per heavy atom. The van der Waals surface area contributed by atoms with Gasteiger partial charge in [0.15, 0.2) is 35.1 Å². The van der Waals surface area contributed by atoms with Crippen LogP contribution in [0.2, 0.25) is 0 Å². The molecule has 0 bridgehead atoms. The Morgan fingerprint density at radius 2 is 1.44 bits per heavy atom. The maximum atomic E-state index is 12.7. The molecular formula is C20H27N10O17P3. The maximum Gasteiger partial charge on any atom is 0.490 e. The van der Waals surface area contributed by atoms with Crippen molar-refractivity contribution in [3.63, 3.8) is 0 Å². The Labute approximate surface area is 275 Å². The summed E-state index contributed by atoms with van der Waals surface area (Å²) in [5.41, 5.74) is 10.4. The number of imidazole rings is 2. The summed E-state index contributed by atoms with van der Waals surface area (Å²) in [6, 6.07) is 0. The lowest BCUT2D eigenvalue weighted by atomic mass is 10.1. The molecule has 2 saturated heterocycles. The van der Waals surface area contributed by atoms with E-state index in [1.165, 1.54) is 10.9 Å². The van der Waals surface area contributed by atoms with Gasteiger partial charge in [0.25, 0.3) is 5.56 Å². The average molecular weight is 772 g/mol. The first kappa shape index (κ1) is 36.5. The van der Waals surface area contributed by atoms with E-state index in [9.17, 15) is 53.6 Å². The van der Waals surface area contributed by atoms with Crippen molar-refractivity contribution in [1.29, 1.82) is 0 Å². The van der Waals surface area contributed by atoms with Crippen LogP contribution in [0.3, 0.4) is 0 Å². The molecule has 27 nitrogen and oxygen atoms in total. The van der Waals surface area contributed by atoms with Gasteiger partial charge in [0.2, 0.25) is 5.95 Å². The number of aromatic nitrogens is 8. The van der Waals surface area contributed by atoms with Gasteiger partial charge in [-0.05, 0) is 0 Å². The van der Waals surface area contributed by atoms with E-state index < -0.39 is 91.3 Å². The minimum absolute atomic E-state index is 0.00394. The van der Waals surface area contributed by atoms with Crippen molar-refractivity contribution < 1.29 is 75.9 Å². The Balaban J connectivity index is 1.08. The molecule has 0 aromatic carbocycles. The molecule has 0 spiro atoms. The van der Waals surface area contributed by atoms with Gasteiger partial charge in [0.05, 0.1) is 25.9 Å². The second-order valence-electron chi connectivity index (χ2n) is 10.6. The minimum Gasteiger partial charge on any atom is -0.394 e. The van der Waals surface area contributed by atoms with Gasteiger partial charge in [0, 0.05) is 0 Å². The van der Waals surface area contributed by atoms with Gasteiger partial charge >= 0.3 is 23.5 Å². The summed E-state index contributed by atoms with van der Waals surface area (Å²) >= 11 is 0. The Bertz CT molecular complexity index is 2110. The number of aromatic amines is 1. The van der Waals surface area contributed by atoms with E-state index >= 15 is 0 Å². The number of nitrogens with one attached hydrogen (secondary N) is 1. The molecule has 6 heterocycles. The molecule has 0 saturated carbocycles. The number of nitrogens with two attached hydrogens (primary N) is 2. The van der Waals surface area contributed by atoms with E-state index in [1.54, 1.807) is 0 Å². The molecular weight excluding hydrogens is 745 g/mol. The normalized spacial score (nSPS) is 30.8. The number of aliphatic hydroxyl groups excluding tert-OH is 4. The first-order valence-electron chi connectivity index (χ1n) is 13.8. The van der Waals surface area contributed by atoms with Gasteiger partial charge in [-0.1, -0.05) is 0 Å². The number of fused-ring (bicyclic) bond motifs is 2. The van der Waals surface area contributed by atoms with Gasteiger partial charge < -0.3 is 56.0 Å². The predicted molar refractivity (Wildman–Crippen MR) is 158 cm³/mol. The first-order chi connectivity index (χ1) is 23.4. The first-order valence-corrected chi connectivity index (χ1v) is 18.2. The van der Waals surface area contributed by atoms with Gasteiger partial charge in [-0.25, -0.2) is 33.6 Å². The lowest BCUT2D eigenvalue weighted by Gasteiger charge is -2.24. The minimum atomic E-state index is -6.05. The second-order valence-corrected chi connectivity index (χ2v) is 15.2. The lowest BCUT2D eigenvalue weighted by Crippen LogP contribution is -2.35. The largest absolute Gasteiger partial charge is 0.490 e. The molecule has 30 heteroatoms. The fraction of sp³-hybridized carbons (Fsp3) is 0.500. The molecule has 2 aliphatic rings. The average Bonchev–Trinajstić information content (AvgIpc) is 3.77. The second kappa shape index (κ2) is 13.3. The molecule has 0 radical (unpaired) electrons. The van der Waals surface area contributed by atoms with Crippen LogP contribution in [0, 0.1) is 0 Å². The van der Waals surface area contributed by atoms with Crippen molar-refractivity contribution in [3.05, 3.63) is 29.3 Å². The number of nitrogen functional groups attached to an aromatic ring is 2. The van der Waals surface area contributed by atoms with Crippen molar-refractivity contribution in [2.24, 2.45) is 0 Å². The fourth-order valence-corrected chi connectivity index (χ4v) is 8.87. The zero-order valence-electron chi connectivity index (χ0n) is 24.6. The quantitative estimate of drug-likeness (QED) is 0.0631. The van der Waals surface area contributed by atoms with Crippen LogP contribution < -0.4 is 17.0 Å². The third-order valence-corrected chi connectivity index (χ3v) is 11.6. The summed E-state index contributed by atoms with van der Waals surface area (Å²) in [5.74, 6) is -0.331. The van der Waals surface area contributed by atoms with Crippen LogP contribution in [0.5, 0.6) is 0 Å². The fourth-order valence-electron chi connectivity index (χ4n) is 5.15. The van der Waals surface area contributed by atoms with E-state index in [0.717, 1.165) is 17.2 Å². The van der Waals surface area contributed by atoms with Crippen LogP contribution in [-0.4, -0.2) is 124 Å². The number of nitrogens with zero attached hydrogens (tertiary/aromatic N) is 7. The molecule has 50 heavy (non-hydrogen) atoms. The molecule has 4 aromatic rings. The summed E-state index contributed by atoms with van der Waals surface area (Å²) in [4.78, 5) is 64.1. The predicted octanol–water partition coefficient (Wildman–Crippen LogP) is -3.27. The van der Waals surface area contributed by atoms with Crippen LogP contribution in [0.15, 0.2) is 23.8 Å². The van der Waals surface area contributed by atoms with Crippen molar-refractivity contribution in [1.82, 2.24) is 39.0 Å². The van der Waals surface area contributed by atoms with Gasteiger partial charge in [-0.2, -0.15) is 13.6 Å². The van der Waals surface area contributed by atoms with E-state index in [0.29, 0.717) is 0 Å². The SMILES string of the molecule is Nc1nc2c(ncn2[C@@H]2O[C@H](CO)[C@@H](OP(=O)(O)OP(=O)(O)OP(=O)(O)OC[C@H]3O[C@@H](n4cnc5c(N)ncnc54)[C@H](O)[C@@H]3O)[C@H]2O)c(=O)[nH]1. The summed E-state index contributed by atoms with van der Waals surface area (Å²) in [5, 5.41) is 41.6. The van der Waals surface area contributed by atoms with Gasteiger partial charge in [-0.15, -0.1) is 0 Å². The monoisotopic (exact) mass is 772 g/mol. The number of hydrogen-bond donors (Lipinski definition) is 10. The smallest absolute Gasteiger partial charge is 0.394 e. The van der Waals surface area contributed by atoms with E-state index in [-0.39, 0.29) is 34.1 Å². The van der Waals surface area contributed by atoms with Crippen molar-refractivity contribution >= 4 is 57.6 Å². The third-order valence-electron chi connectivity index (χ3n) is 7.28. The molecule has 0 amide bonds. The number of ether oxygens (including phenoxy) is 2. The topological polar surface area (TPSA) is 407 Å². The summed E-state index contributed by atoms with van der Waals surface area (Å²) in [6.07, 6.45) is -10.2. The van der Waals surface area contributed by atoms with E-state index in [4.69, 9.17) is 25.5 Å². The standard InChI is InChI=1S/C20H27N10O17P3/c21-14-8-15(24-3-23-14)29(4-25-8)18-11(33)10(32)7(44-18)2-42-48(36,37)46-50(40,41)47-49(38,39)45-13-6(1-31)43-19(12(13)34)30-5-26-9-16(30)27-20(22)28-17(9)35/h3-7,10-13,18-19,31-34H,1-2H2,(H,36,37)(H,38,39)(H,40,41)(H2,21,23,24)(H3,22,27,28,35)/t6-,7-,10-,11-,12-,13-,18-,19-/m1/s1. The van der Waals surface area contributed by atoms with Crippen LogP contribution in [0.4, 0.5) is 11.8 Å².